The summed E-state index contributed by atoms with van der Waals surface area (Å²) >= 11 is 0. The van der Waals surface area contributed by atoms with E-state index in [1.165, 1.54) is 6.04 Å². The molecule has 1 nitrogen and oxygen atoms in total. The van der Waals surface area contributed by atoms with Crippen molar-refractivity contribution in [1.29, 1.82) is 0 Å². The first kappa shape index (κ1) is 7.29. The van der Waals surface area contributed by atoms with Crippen molar-refractivity contribution < 1.29 is 5.11 Å². The SMILES string of the molecule is C[C@@H]1C[Si](C)(C)C[C@H]1O. The van der Waals surface area contributed by atoms with Gasteiger partial charge in [0.15, 0.2) is 0 Å². The molecule has 0 saturated carbocycles. The predicted molar refractivity (Wildman–Crippen MR) is 42.3 cm³/mol. The lowest BCUT2D eigenvalue weighted by molar-refractivity contribution is 0.155. The van der Waals surface area contributed by atoms with E-state index < -0.39 is 8.07 Å². The third-order valence-electron chi connectivity index (χ3n) is 2.29. The summed E-state index contributed by atoms with van der Waals surface area (Å²) in [5.74, 6) is 0.576. The van der Waals surface area contributed by atoms with E-state index in [9.17, 15) is 5.11 Å². The zero-order valence-electron chi connectivity index (χ0n) is 6.52. The molecule has 0 aliphatic carbocycles. The average Bonchev–Trinajstić information content (AvgIpc) is 1.79. The first-order chi connectivity index (χ1) is 4.01. The highest BCUT2D eigenvalue weighted by atomic mass is 28.3. The maximum atomic E-state index is 9.37. The molecule has 1 aliphatic rings. The standard InChI is InChI=1S/C7H16OSi/c1-6-4-9(2,3)5-7(6)8/h6-8H,4-5H2,1-3H3/t6-,7-/m1/s1. The monoisotopic (exact) mass is 144 g/mol. The van der Waals surface area contributed by atoms with E-state index >= 15 is 0 Å². The molecule has 0 radical (unpaired) electrons. The Hall–Kier alpha value is 0.177. The van der Waals surface area contributed by atoms with Gasteiger partial charge in [-0.15, -0.1) is 0 Å². The Morgan fingerprint density at radius 2 is 1.89 bits per heavy atom. The molecule has 1 heterocycles. The zero-order valence-corrected chi connectivity index (χ0v) is 7.52. The van der Waals surface area contributed by atoms with Gasteiger partial charge in [0, 0.05) is 0 Å². The van der Waals surface area contributed by atoms with Crippen LogP contribution in [-0.4, -0.2) is 19.3 Å². The van der Waals surface area contributed by atoms with E-state index in [1.54, 1.807) is 0 Å². The molecule has 54 valence electrons. The number of aliphatic hydroxyl groups excluding tert-OH is 1. The van der Waals surface area contributed by atoms with Gasteiger partial charge in [-0.3, -0.25) is 0 Å². The van der Waals surface area contributed by atoms with E-state index in [1.807, 2.05) is 0 Å². The largest absolute Gasteiger partial charge is 0.393 e. The summed E-state index contributed by atoms with van der Waals surface area (Å²) in [4.78, 5) is 0. The number of hydrogen-bond acceptors (Lipinski definition) is 1. The summed E-state index contributed by atoms with van der Waals surface area (Å²) in [5.41, 5.74) is 0. The minimum absolute atomic E-state index is 0.0201. The molecule has 1 N–H and O–H groups in total. The maximum Gasteiger partial charge on any atom is 0.0539 e. The molecule has 0 aromatic carbocycles. The van der Waals surface area contributed by atoms with Crippen LogP contribution in [-0.2, 0) is 0 Å². The average molecular weight is 144 g/mol. The Labute approximate surface area is 58.1 Å². The fraction of sp³-hybridized carbons (Fsp3) is 1.00. The molecule has 0 unspecified atom stereocenters. The van der Waals surface area contributed by atoms with E-state index in [0.717, 1.165) is 6.04 Å². The third kappa shape index (κ3) is 1.55. The van der Waals surface area contributed by atoms with Crippen molar-refractivity contribution in [2.24, 2.45) is 5.92 Å². The summed E-state index contributed by atoms with van der Waals surface area (Å²) in [6.45, 7) is 6.88. The highest BCUT2D eigenvalue weighted by molar-refractivity contribution is 6.78. The molecule has 0 aromatic heterocycles. The van der Waals surface area contributed by atoms with Crippen LogP contribution >= 0.6 is 0 Å². The molecular weight excluding hydrogens is 128 g/mol. The summed E-state index contributed by atoms with van der Waals surface area (Å²) in [7, 11) is -0.916. The Morgan fingerprint density at radius 3 is 2.00 bits per heavy atom. The van der Waals surface area contributed by atoms with Crippen LogP contribution in [0.1, 0.15) is 6.92 Å². The molecular formula is C7H16OSi. The van der Waals surface area contributed by atoms with Gasteiger partial charge in [-0.1, -0.05) is 26.1 Å². The van der Waals surface area contributed by atoms with Crippen LogP contribution in [0.25, 0.3) is 0 Å². The van der Waals surface area contributed by atoms with E-state index in [0.29, 0.717) is 5.92 Å². The van der Waals surface area contributed by atoms with Gasteiger partial charge < -0.3 is 5.11 Å². The first-order valence-electron chi connectivity index (χ1n) is 3.69. The molecule has 1 fully saturated rings. The third-order valence-corrected chi connectivity index (χ3v) is 5.57. The van der Waals surface area contributed by atoms with Gasteiger partial charge in [-0.05, 0) is 12.0 Å². The van der Waals surface area contributed by atoms with Crippen molar-refractivity contribution in [2.75, 3.05) is 0 Å². The topological polar surface area (TPSA) is 20.2 Å². The molecule has 0 aromatic rings. The molecule has 0 amide bonds. The molecule has 2 atom stereocenters. The summed E-state index contributed by atoms with van der Waals surface area (Å²) in [5, 5.41) is 9.37. The molecule has 0 bridgehead atoms. The van der Waals surface area contributed by atoms with Crippen LogP contribution in [0.15, 0.2) is 0 Å². The van der Waals surface area contributed by atoms with Gasteiger partial charge in [0.2, 0.25) is 0 Å². The van der Waals surface area contributed by atoms with E-state index in [2.05, 4.69) is 20.0 Å². The Bertz CT molecular complexity index is 99.5. The lowest BCUT2D eigenvalue weighted by Gasteiger charge is -2.11. The van der Waals surface area contributed by atoms with Crippen molar-refractivity contribution in [1.82, 2.24) is 0 Å². The van der Waals surface area contributed by atoms with Crippen LogP contribution in [0.2, 0.25) is 25.2 Å². The van der Waals surface area contributed by atoms with E-state index in [4.69, 9.17) is 0 Å². The number of hydrogen-bond donors (Lipinski definition) is 1. The van der Waals surface area contributed by atoms with Crippen molar-refractivity contribution >= 4 is 8.07 Å². The minimum atomic E-state index is -0.916. The maximum absolute atomic E-state index is 9.37. The van der Waals surface area contributed by atoms with Gasteiger partial charge in [-0.2, -0.15) is 0 Å². The Balaban J connectivity index is 2.54. The molecule has 1 rings (SSSR count). The quantitative estimate of drug-likeness (QED) is 0.513. The smallest absolute Gasteiger partial charge is 0.0539 e. The van der Waals surface area contributed by atoms with Crippen LogP contribution in [0.5, 0.6) is 0 Å². The van der Waals surface area contributed by atoms with Gasteiger partial charge in [0.25, 0.3) is 0 Å². The van der Waals surface area contributed by atoms with Crippen molar-refractivity contribution in [3.63, 3.8) is 0 Å². The fourth-order valence-electron chi connectivity index (χ4n) is 1.86. The van der Waals surface area contributed by atoms with Crippen LogP contribution < -0.4 is 0 Å². The molecule has 9 heavy (non-hydrogen) atoms. The van der Waals surface area contributed by atoms with Crippen LogP contribution in [0, 0.1) is 5.92 Å². The second-order valence-electron chi connectivity index (χ2n) is 4.12. The second kappa shape index (κ2) is 2.10. The predicted octanol–water partition coefficient (Wildman–Crippen LogP) is 1.71. The zero-order chi connectivity index (χ0) is 7.07. The molecule has 1 saturated heterocycles. The highest BCUT2D eigenvalue weighted by Gasteiger charge is 2.36. The second-order valence-corrected chi connectivity index (χ2v) is 9.26. The fourth-order valence-corrected chi connectivity index (χ4v) is 5.58. The van der Waals surface area contributed by atoms with Gasteiger partial charge in [0.05, 0.1) is 14.2 Å². The lowest BCUT2D eigenvalue weighted by atomic mass is 10.1. The summed E-state index contributed by atoms with van der Waals surface area (Å²) in [6, 6.07) is 2.43. The van der Waals surface area contributed by atoms with Crippen molar-refractivity contribution in [3.05, 3.63) is 0 Å². The van der Waals surface area contributed by atoms with Crippen LogP contribution in [0.4, 0.5) is 0 Å². The normalized spacial score (nSPS) is 41.3. The van der Waals surface area contributed by atoms with E-state index in [-0.39, 0.29) is 6.10 Å². The molecule has 0 spiro atoms. The highest BCUT2D eigenvalue weighted by Crippen LogP contribution is 2.34. The van der Waals surface area contributed by atoms with Crippen molar-refractivity contribution in [3.8, 4) is 0 Å². The summed E-state index contributed by atoms with van der Waals surface area (Å²) < 4.78 is 0. The first-order valence-corrected chi connectivity index (χ1v) is 7.11. The van der Waals surface area contributed by atoms with Crippen LogP contribution in [0.3, 0.4) is 0 Å². The molecule has 2 heteroatoms. The number of aliphatic hydroxyl groups is 1. The summed E-state index contributed by atoms with van der Waals surface area (Å²) in [6.07, 6.45) is 0.0201. The van der Waals surface area contributed by atoms with Gasteiger partial charge in [-0.25, -0.2) is 0 Å². The Morgan fingerprint density at radius 1 is 1.33 bits per heavy atom. The minimum Gasteiger partial charge on any atom is -0.393 e. The molecule has 1 aliphatic heterocycles. The van der Waals surface area contributed by atoms with Gasteiger partial charge in [0.1, 0.15) is 0 Å². The van der Waals surface area contributed by atoms with Gasteiger partial charge >= 0.3 is 0 Å². The Kier molecular flexibility index (Phi) is 1.70. The lowest BCUT2D eigenvalue weighted by Crippen LogP contribution is -2.20. The van der Waals surface area contributed by atoms with Crippen molar-refractivity contribution in [2.45, 2.75) is 38.2 Å². The number of rotatable bonds is 0.